The Morgan fingerprint density at radius 3 is 2.55 bits per heavy atom. The van der Waals surface area contributed by atoms with E-state index in [-0.39, 0.29) is 16.9 Å². The number of fused-ring (bicyclic) bond motifs is 5. The zero-order valence-corrected chi connectivity index (χ0v) is 19.1. The van der Waals surface area contributed by atoms with Crippen molar-refractivity contribution in [1.82, 2.24) is 0 Å². The van der Waals surface area contributed by atoms with Crippen LogP contribution in [0.15, 0.2) is 11.1 Å². The Morgan fingerprint density at radius 1 is 1.10 bits per heavy atom. The fraction of sp³-hybridized carbons (Fsp3) is 0.885. The number of aldehydes is 1. The Bertz CT molecular complexity index is 669. The second kappa shape index (κ2) is 7.79. The second-order valence-corrected chi connectivity index (χ2v) is 11.0. The van der Waals surface area contributed by atoms with Gasteiger partial charge in [-0.1, -0.05) is 38.7 Å². The minimum atomic E-state index is -0.494. The molecule has 0 saturated heterocycles. The van der Waals surface area contributed by atoms with Crippen molar-refractivity contribution in [2.45, 2.75) is 110 Å². The van der Waals surface area contributed by atoms with Crippen molar-refractivity contribution in [3.63, 3.8) is 0 Å². The largest absolute Gasteiger partial charge is 0.389 e. The number of hydrogen-bond acceptors (Lipinski definition) is 3. The van der Waals surface area contributed by atoms with Crippen LogP contribution in [0.2, 0.25) is 0 Å². The summed E-state index contributed by atoms with van der Waals surface area (Å²) >= 11 is 0. The number of unbranched alkanes of at least 4 members (excludes halogenated alkanes) is 2. The number of carbonyl (C=O) groups is 1. The minimum absolute atomic E-state index is 0.0337. The summed E-state index contributed by atoms with van der Waals surface area (Å²) in [6, 6.07) is 0. The molecule has 4 aliphatic carbocycles. The Labute approximate surface area is 177 Å². The summed E-state index contributed by atoms with van der Waals surface area (Å²) in [4.78, 5) is 12.7. The van der Waals surface area contributed by atoms with Gasteiger partial charge < -0.3 is 14.6 Å². The first-order valence-corrected chi connectivity index (χ1v) is 12.3. The van der Waals surface area contributed by atoms with Gasteiger partial charge in [-0.05, 0) is 93.5 Å². The minimum Gasteiger partial charge on any atom is -0.389 e. The molecule has 3 nitrogen and oxygen atoms in total. The number of hydrogen-bond donors (Lipinski definition) is 1. The molecule has 3 fully saturated rings. The van der Waals surface area contributed by atoms with Gasteiger partial charge in [0.1, 0.15) is 6.29 Å². The van der Waals surface area contributed by atoms with E-state index in [2.05, 4.69) is 20.8 Å². The van der Waals surface area contributed by atoms with Crippen molar-refractivity contribution in [1.29, 1.82) is 0 Å². The van der Waals surface area contributed by atoms with Gasteiger partial charge in [0.25, 0.3) is 0 Å². The number of carbonyl (C=O) groups excluding carboxylic acids is 1. The lowest BCUT2D eigenvalue weighted by Crippen LogP contribution is -2.56. The highest BCUT2D eigenvalue weighted by molar-refractivity contribution is 5.68. The molecule has 164 valence electrons. The van der Waals surface area contributed by atoms with Crippen molar-refractivity contribution < 1.29 is 14.6 Å². The van der Waals surface area contributed by atoms with E-state index in [4.69, 9.17) is 4.74 Å². The van der Waals surface area contributed by atoms with Crippen molar-refractivity contribution in [3.8, 4) is 0 Å². The SMILES string of the molecule is CCCCCC1(O)CC[C@H]2[C@@H]3CCC4=C(C)C(OC)CC[C@]4(C=O)[C@@H]3CC[C@@]21C. The third kappa shape index (κ3) is 3.01. The van der Waals surface area contributed by atoms with E-state index < -0.39 is 5.60 Å². The number of aliphatic hydroxyl groups is 1. The van der Waals surface area contributed by atoms with Crippen LogP contribution < -0.4 is 0 Å². The average Bonchev–Trinajstić information content (AvgIpc) is 2.99. The maximum atomic E-state index is 12.7. The zero-order valence-electron chi connectivity index (χ0n) is 19.1. The first-order chi connectivity index (χ1) is 13.9. The summed E-state index contributed by atoms with van der Waals surface area (Å²) in [5.41, 5.74) is 2.02. The fourth-order valence-electron chi connectivity index (χ4n) is 8.48. The summed E-state index contributed by atoms with van der Waals surface area (Å²) in [7, 11) is 1.80. The summed E-state index contributed by atoms with van der Waals surface area (Å²) in [5.74, 6) is 1.63. The van der Waals surface area contributed by atoms with E-state index in [9.17, 15) is 9.90 Å². The van der Waals surface area contributed by atoms with E-state index in [1.165, 1.54) is 36.7 Å². The van der Waals surface area contributed by atoms with E-state index in [0.29, 0.717) is 17.8 Å². The van der Waals surface area contributed by atoms with Crippen molar-refractivity contribution in [2.24, 2.45) is 28.6 Å². The molecule has 0 amide bonds. The molecule has 7 atom stereocenters. The van der Waals surface area contributed by atoms with E-state index in [1.54, 1.807) is 7.11 Å². The molecule has 0 aliphatic heterocycles. The van der Waals surface area contributed by atoms with Gasteiger partial charge in [-0.3, -0.25) is 0 Å². The number of ether oxygens (including phenoxy) is 1. The highest BCUT2D eigenvalue weighted by Gasteiger charge is 2.64. The molecule has 3 heteroatoms. The molecule has 4 rings (SSSR count). The quantitative estimate of drug-likeness (QED) is 0.345. The van der Waals surface area contributed by atoms with Crippen molar-refractivity contribution in [3.05, 3.63) is 11.1 Å². The summed E-state index contributed by atoms with van der Waals surface area (Å²) in [5, 5.41) is 11.7. The molecule has 4 aliphatic rings. The predicted molar refractivity (Wildman–Crippen MR) is 117 cm³/mol. The van der Waals surface area contributed by atoms with Crippen LogP contribution in [-0.2, 0) is 9.53 Å². The highest BCUT2D eigenvalue weighted by Crippen LogP contribution is 2.68. The Balaban J connectivity index is 1.63. The van der Waals surface area contributed by atoms with Gasteiger partial charge >= 0.3 is 0 Å². The lowest BCUT2D eigenvalue weighted by atomic mass is 9.45. The molecule has 1 N–H and O–H groups in total. The number of rotatable bonds is 6. The van der Waals surface area contributed by atoms with E-state index in [0.717, 1.165) is 57.8 Å². The molecule has 0 aromatic rings. The number of allylic oxidation sites excluding steroid dienone is 1. The molecule has 0 heterocycles. The van der Waals surface area contributed by atoms with Crippen LogP contribution in [0.4, 0.5) is 0 Å². The van der Waals surface area contributed by atoms with Crippen LogP contribution >= 0.6 is 0 Å². The predicted octanol–water partition coefficient (Wildman–Crippen LogP) is 5.84. The molecular formula is C26H42O3. The van der Waals surface area contributed by atoms with Crippen LogP contribution in [0.1, 0.15) is 97.8 Å². The first-order valence-electron chi connectivity index (χ1n) is 12.3. The molecule has 0 bridgehead atoms. The van der Waals surface area contributed by atoms with Gasteiger partial charge in [-0.25, -0.2) is 0 Å². The van der Waals surface area contributed by atoms with Crippen molar-refractivity contribution in [2.75, 3.05) is 7.11 Å². The van der Waals surface area contributed by atoms with Crippen LogP contribution in [-0.4, -0.2) is 30.2 Å². The van der Waals surface area contributed by atoms with Crippen LogP contribution in [0.5, 0.6) is 0 Å². The summed E-state index contributed by atoms with van der Waals surface area (Å²) in [6.07, 6.45) is 14.5. The van der Waals surface area contributed by atoms with E-state index >= 15 is 0 Å². The van der Waals surface area contributed by atoms with Crippen LogP contribution in [0.3, 0.4) is 0 Å². The monoisotopic (exact) mass is 402 g/mol. The van der Waals surface area contributed by atoms with Gasteiger partial charge in [-0.15, -0.1) is 0 Å². The highest BCUT2D eigenvalue weighted by atomic mass is 16.5. The fourth-order valence-corrected chi connectivity index (χ4v) is 8.48. The Morgan fingerprint density at radius 2 is 1.86 bits per heavy atom. The van der Waals surface area contributed by atoms with Gasteiger partial charge in [0, 0.05) is 7.11 Å². The summed E-state index contributed by atoms with van der Waals surface area (Å²) < 4.78 is 5.73. The lowest BCUT2D eigenvalue weighted by Gasteiger charge is -2.59. The van der Waals surface area contributed by atoms with Gasteiger partial charge in [0.05, 0.1) is 17.1 Å². The van der Waals surface area contributed by atoms with Gasteiger partial charge in [-0.2, -0.15) is 0 Å². The van der Waals surface area contributed by atoms with Crippen molar-refractivity contribution >= 4 is 6.29 Å². The summed E-state index contributed by atoms with van der Waals surface area (Å²) in [6.45, 7) is 6.83. The standard InChI is InChI=1S/C26H42O3/c1-5-6-7-13-26(28)16-11-21-19-8-9-20-18(2)23(29-4)12-15-25(20,17-27)22(19)10-14-24(21,26)3/h17,19,21-23,28H,5-16H2,1-4H3/t19-,21-,22+,23?,24-,25+,26?/m0/s1. The molecule has 2 unspecified atom stereocenters. The van der Waals surface area contributed by atoms with E-state index in [1.807, 2.05) is 0 Å². The molecule has 3 saturated carbocycles. The van der Waals surface area contributed by atoms with Gasteiger partial charge in [0.2, 0.25) is 0 Å². The molecule has 0 radical (unpaired) electrons. The Hall–Kier alpha value is -0.670. The van der Waals surface area contributed by atoms with Gasteiger partial charge in [0.15, 0.2) is 0 Å². The third-order valence-electron chi connectivity index (χ3n) is 10.2. The molecule has 0 aromatic heterocycles. The van der Waals surface area contributed by atoms with Crippen LogP contribution in [0, 0.1) is 28.6 Å². The molecule has 0 aromatic carbocycles. The molecule has 29 heavy (non-hydrogen) atoms. The maximum absolute atomic E-state index is 12.7. The third-order valence-corrected chi connectivity index (χ3v) is 10.2. The lowest BCUT2D eigenvalue weighted by molar-refractivity contribution is -0.143. The second-order valence-electron chi connectivity index (χ2n) is 11.0. The molecule has 0 spiro atoms. The molecular weight excluding hydrogens is 360 g/mol. The Kier molecular flexibility index (Phi) is 5.79. The number of methoxy groups -OCH3 is 1. The maximum Gasteiger partial charge on any atom is 0.130 e. The first kappa shape index (κ1) is 21.6. The topological polar surface area (TPSA) is 46.5 Å². The normalized spacial score (nSPS) is 46.8. The average molecular weight is 403 g/mol. The zero-order chi connectivity index (χ0) is 20.9. The van der Waals surface area contributed by atoms with Crippen LogP contribution in [0.25, 0.3) is 0 Å². The smallest absolute Gasteiger partial charge is 0.130 e.